The summed E-state index contributed by atoms with van der Waals surface area (Å²) < 4.78 is 0. The Hall–Kier alpha value is -1.79. The third-order valence-electron chi connectivity index (χ3n) is 3.63. The van der Waals surface area contributed by atoms with E-state index in [4.69, 9.17) is 34.8 Å². The van der Waals surface area contributed by atoms with Crippen LogP contribution in [-0.4, -0.2) is 20.0 Å². The van der Waals surface area contributed by atoms with Crippen LogP contribution < -0.4 is 0 Å². The van der Waals surface area contributed by atoms with E-state index in [9.17, 15) is 0 Å². The zero-order chi connectivity index (χ0) is 17.6. The number of thioether (sulfide) groups is 1. The molecule has 2 aliphatic heterocycles. The lowest BCUT2D eigenvalue weighted by atomic mass is 10.1. The number of amidine groups is 1. The van der Waals surface area contributed by atoms with Crippen LogP contribution in [0.1, 0.15) is 11.3 Å². The first-order valence-electron chi connectivity index (χ1n) is 7.15. The minimum atomic E-state index is 0.172. The van der Waals surface area contributed by atoms with Crippen LogP contribution >= 0.6 is 46.6 Å². The van der Waals surface area contributed by atoms with Crippen molar-refractivity contribution in [3.8, 4) is 0 Å². The largest absolute Gasteiger partial charge is 0.288 e. The average Bonchev–Trinajstić information content (AvgIpc) is 2.98. The third-order valence-corrected chi connectivity index (χ3v) is 5.71. The van der Waals surface area contributed by atoms with E-state index < -0.39 is 0 Å². The first kappa shape index (κ1) is 16.7. The zero-order valence-corrected chi connectivity index (χ0v) is 15.7. The first-order chi connectivity index (χ1) is 12.1. The van der Waals surface area contributed by atoms with E-state index in [-0.39, 0.29) is 5.28 Å². The molecule has 0 saturated heterocycles. The number of benzene rings is 1. The fourth-order valence-corrected chi connectivity index (χ4v) is 4.21. The Balaban J connectivity index is 1.99. The SMILES string of the molecule is C=C1C=CN=C2SC(c3ccnc(Cl)n3)=C(c3cccc(Cl)c3Cl)N12. The van der Waals surface area contributed by atoms with Crippen molar-refractivity contribution in [1.29, 1.82) is 0 Å². The lowest BCUT2D eigenvalue weighted by Gasteiger charge is -2.25. The van der Waals surface area contributed by atoms with Crippen molar-refractivity contribution < 1.29 is 0 Å². The Labute approximate surface area is 163 Å². The Morgan fingerprint density at radius 2 is 1.96 bits per heavy atom. The van der Waals surface area contributed by atoms with Crippen molar-refractivity contribution in [1.82, 2.24) is 14.9 Å². The van der Waals surface area contributed by atoms with Gasteiger partial charge < -0.3 is 0 Å². The van der Waals surface area contributed by atoms with E-state index in [2.05, 4.69) is 21.5 Å². The molecule has 0 N–H and O–H groups in total. The van der Waals surface area contributed by atoms with Crippen LogP contribution in [0.5, 0.6) is 0 Å². The molecule has 4 rings (SSSR count). The van der Waals surface area contributed by atoms with Crippen LogP contribution in [-0.2, 0) is 0 Å². The van der Waals surface area contributed by atoms with Crippen LogP contribution in [0.3, 0.4) is 0 Å². The van der Waals surface area contributed by atoms with Gasteiger partial charge in [0.05, 0.1) is 26.3 Å². The summed E-state index contributed by atoms with van der Waals surface area (Å²) in [5, 5.41) is 1.87. The van der Waals surface area contributed by atoms with E-state index in [1.54, 1.807) is 24.5 Å². The molecule has 0 atom stereocenters. The smallest absolute Gasteiger partial charge is 0.222 e. The zero-order valence-electron chi connectivity index (χ0n) is 12.6. The molecule has 0 spiro atoms. The molecule has 8 heteroatoms. The van der Waals surface area contributed by atoms with Gasteiger partial charge in [0.2, 0.25) is 5.28 Å². The molecule has 124 valence electrons. The molecule has 1 aromatic carbocycles. The van der Waals surface area contributed by atoms with Crippen molar-refractivity contribution in [3.05, 3.63) is 81.6 Å². The molecule has 0 unspecified atom stereocenters. The lowest BCUT2D eigenvalue weighted by molar-refractivity contribution is 0.760. The summed E-state index contributed by atoms with van der Waals surface area (Å²) in [5.74, 6) is 0. The Morgan fingerprint density at radius 1 is 1.12 bits per heavy atom. The quantitative estimate of drug-likeness (QED) is 0.598. The van der Waals surface area contributed by atoms with E-state index in [0.717, 1.165) is 27.0 Å². The minimum absolute atomic E-state index is 0.172. The highest BCUT2D eigenvalue weighted by Gasteiger charge is 2.35. The fourth-order valence-electron chi connectivity index (χ4n) is 2.56. The summed E-state index contributed by atoms with van der Waals surface area (Å²) in [7, 11) is 0. The molecule has 1 aromatic heterocycles. The number of rotatable bonds is 2. The van der Waals surface area contributed by atoms with Gasteiger partial charge in [-0.1, -0.05) is 41.9 Å². The van der Waals surface area contributed by atoms with Crippen LogP contribution in [0.2, 0.25) is 15.3 Å². The maximum absolute atomic E-state index is 6.49. The topological polar surface area (TPSA) is 41.4 Å². The Kier molecular flexibility index (Phi) is 4.33. The number of aromatic nitrogens is 2. The normalized spacial score (nSPS) is 16.4. The second-order valence-corrected chi connectivity index (χ2v) is 7.25. The highest BCUT2D eigenvalue weighted by Crippen LogP contribution is 2.49. The van der Waals surface area contributed by atoms with Crippen LogP contribution in [0.15, 0.2) is 60.0 Å². The summed E-state index contributed by atoms with van der Waals surface area (Å²) in [5.41, 5.74) is 3.05. The predicted octanol–water partition coefficient (Wildman–Crippen LogP) is 5.71. The number of allylic oxidation sites excluding steroid dienone is 1. The summed E-state index contributed by atoms with van der Waals surface area (Å²) in [6.07, 6.45) is 5.16. The van der Waals surface area contributed by atoms with Gasteiger partial charge in [-0.3, -0.25) is 4.90 Å². The predicted molar refractivity (Wildman–Crippen MR) is 105 cm³/mol. The standard InChI is InChI=1S/C17H9Cl3N4S/c1-9-5-7-22-17-24(9)14(10-3-2-4-11(18)13(10)19)15(25-17)12-6-8-21-16(20)23-12/h2-8H,1H2. The number of halogens is 3. The van der Waals surface area contributed by atoms with Gasteiger partial charge >= 0.3 is 0 Å². The van der Waals surface area contributed by atoms with Gasteiger partial charge in [0.25, 0.3) is 0 Å². The maximum Gasteiger partial charge on any atom is 0.222 e. The number of nitrogens with zero attached hydrogens (tertiary/aromatic N) is 4. The van der Waals surface area contributed by atoms with Crippen LogP contribution in [0.25, 0.3) is 10.6 Å². The average molecular weight is 408 g/mol. The summed E-state index contributed by atoms with van der Waals surface area (Å²) in [6, 6.07) is 7.30. The molecule has 0 bridgehead atoms. The van der Waals surface area contributed by atoms with Gasteiger partial charge in [-0.2, -0.15) is 0 Å². The number of aliphatic imine (C=N–C) groups is 1. The second kappa shape index (κ2) is 6.50. The molecule has 4 nitrogen and oxygen atoms in total. The summed E-state index contributed by atoms with van der Waals surface area (Å²) in [6.45, 7) is 4.11. The van der Waals surface area contributed by atoms with Crippen molar-refractivity contribution >= 4 is 62.3 Å². The Morgan fingerprint density at radius 3 is 2.76 bits per heavy atom. The van der Waals surface area contributed by atoms with Gasteiger partial charge in [0.15, 0.2) is 5.17 Å². The van der Waals surface area contributed by atoms with Crippen molar-refractivity contribution in [2.24, 2.45) is 4.99 Å². The van der Waals surface area contributed by atoms with E-state index in [1.165, 1.54) is 11.8 Å². The molecular formula is C17H9Cl3N4S. The molecule has 3 heterocycles. The molecule has 0 amide bonds. The van der Waals surface area contributed by atoms with Gasteiger partial charge in [-0.05, 0) is 41.6 Å². The third kappa shape index (κ3) is 2.87. The van der Waals surface area contributed by atoms with Gasteiger partial charge in [0, 0.05) is 23.7 Å². The molecule has 0 radical (unpaired) electrons. The lowest BCUT2D eigenvalue weighted by Crippen LogP contribution is -2.23. The number of hydrogen-bond acceptors (Lipinski definition) is 5. The number of hydrogen-bond donors (Lipinski definition) is 0. The molecule has 0 fully saturated rings. The summed E-state index contributed by atoms with van der Waals surface area (Å²) in [4.78, 5) is 15.5. The fraction of sp³-hybridized carbons (Fsp3) is 0. The van der Waals surface area contributed by atoms with E-state index in [0.29, 0.717) is 15.7 Å². The maximum atomic E-state index is 6.49. The molecule has 25 heavy (non-hydrogen) atoms. The van der Waals surface area contributed by atoms with E-state index in [1.807, 2.05) is 23.1 Å². The second-order valence-electron chi connectivity index (χ2n) is 5.15. The Bertz CT molecular complexity index is 997. The molecule has 2 aromatic rings. The molecular weight excluding hydrogens is 399 g/mol. The number of fused-ring (bicyclic) bond motifs is 1. The van der Waals surface area contributed by atoms with Gasteiger partial charge in [-0.25, -0.2) is 15.0 Å². The van der Waals surface area contributed by atoms with Crippen LogP contribution in [0.4, 0.5) is 0 Å². The van der Waals surface area contributed by atoms with Gasteiger partial charge in [-0.15, -0.1) is 0 Å². The van der Waals surface area contributed by atoms with E-state index >= 15 is 0 Å². The monoisotopic (exact) mass is 406 g/mol. The highest BCUT2D eigenvalue weighted by molar-refractivity contribution is 8.22. The minimum Gasteiger partial charge on any atom is -0.288 e. The summed E-state index contributed by atoms with van der Waals surface area (Å²) >= 11 is 20.2. The molecule has 2 aliphatic rings. The molecule has 0 aliphatic carbocycles. The van der Waals surface area contributed by atoms with Crippen molar-refractivity contribution in [2.45, 2.75) is 0 Å². The van der Waals surface area contributed by atoms with Crippen molar-refractivity contribution in [2.75, 3.05) is 0 Å². The van der Waals surface area contributed by atoms with Crippen LogP contribution in [0, 0.1) is 0 Å². The molecule has 0 saturated carbocycles. The van der Waals surface area contributed by atoms with Gasteiger partial charge in [0.1, 0.15) is 0 Å². The first-order valence-corrected chi connectivity index (χ1v) is 9.10. The van der Waals surface area contributed by atoms with Crippen molar-refractivity contribution in [3.63, 3.8) is 0 Å². The highest BCUT2D eigenvalue weighted by atomic mass is 35.5.